The fraction of sp³-hybridized carbons (Fsp3) is 0.385. The molecule has 0 fully saturated rings. The largest absolute Gasteiger partial charge is 0.491 e. The van der Waals surface area contributed by atoms with Crippen molar-refractivity contribution < 1.29 is 4.74 Å². The van der Waals surface area contributed by atoms with Gasteiger partial charge in [-0.3, -0.25) is 0 Å². The van der Waals surface area contributed by atoms with Gasteiger partial charge in [0.05, 0.1) is 6.10 Å². The molecule has 0 aliphatic heterocycles. The molecule has 0 aliphatic carbocycles. The van der Waals surface area contributed by atoms with Crippen LogP contribution in [0.3, 0.4) is 0 Å². The molecule has 0 saturated carbocycles. The van der Waals surface area contributed by atoms with Crippen molar-refractivity contribution in [3.05, 3.63) is 35.9 Å². The Morgan fingerprint density at radius 2 is 1.79 bits per heavy atom. The van der Waals surface area contributed by atoms with Crippen LogP contribution in [0.1, 0.15) is 33.3 Å². The fourth-order valence-corrected chi connectivity index (χ4v) is 1.24. The Bertz CT molecular complexity index is 307. The van der Waals surface area contributed by atoms with Crippen LogP contribution in [0.25, 0.3) is 5.57 Å². The van der Waals surface area contributed by atoms with E-state index in [4.69, 9.17) is 4.74 Å². The van der Waals surface area contributed by atoms with Crippen molar-refractivity contribution in [3.63, 3.8) is 0 Å². The van der Waals surface area contributed by atoms with E-state index in [0.717, 1.165) is 5.75 Å². The highest BCUT2D eigenvalue weighted by atomic mass is 16.5. The zero-order chi connectivity index (χ0) is 10.6. The van der Waals surface area contributed by atoms with Gasteiger partial charge in [-0.1, -0.05) is 18.2 Å². The molecule has 0 radical (unpaired) electrons. The monoisotopic (exact) mass is 190 g/mol. The molecule has 14 heavy (non-hydrogen) atoms. The van der Waals surface area contributed by atoms with Gasteiger partial charge in [0.25, 0.3) is 0 Å². The third kappa shape index (κ3) is 2.91. The summed E-state index contributed by atoms with van der Waals surface area (Å²) in [5.41, 5.74) is 2.55. The van der Waals surface area contributed by atoms with E-state index >= 15 is 0 Å². The standard InChI is InChI=1S/C13H18O/c1-5-11(4)12-6-8-13(9-7-12)14-10(2)3/h5-10H,1-4H3/b11-5-. The fourth-order valence-electron chi connectivity index (χ4n) is 1.24. The van der Waals surface area contributed by atoms with E-state index in [2.05, 4.69) is 25.1 Å². The van der Waals surface area contributed by atoms with Gasteiger partial charge in [0, 0.05) is 0 Å². The van der Waals surface area contributed by atoms with Crippen LogP contribution >= 0.6 is 0 Å². The summed E-state index contributed by atoms with van der Waals surface area (Å²) in [5, 5.41) is 0. The predicted molar refractivity (Wildman–Crippen MR) is 61.5 cm³/mol. The molecule has 0 saturated heterocycles. The zero-order valence-electron chi connectivity index (χ0n) is 9.37. The Balaban J connectivity index is 2.78. The van der Waals surface area contributed by atoms with Crippen molar-refractivity contribution in [1.29, 1.82) is 0 Å². The lowest BCUT2D eigenvalue weighted by Gasteiger charge is -2.10. The van der Waals surface area contributed by atoms with Gasteiger partial charge in [0.1, 0.15) is 5.75 Å². The first-order valence-corrected chi connectivity index (χ1v) is 5.03. The van der Waals surface area contributed by atoms with Gasteiger partial charge in [-0.25, -0.2) is 0 Å². The van der Waals surface area contributed by atoms with Gasteiger partial charge in [-0.2, -0.15) is 0 Å². The first-order valence-electron chi connectivity index (χ1n) is 5.03. The molecule has 0 bridgehead atoms. The molecule has 1 nitrogen and oxygen atoms in total. The van der Waals surface area contributed by atoms with E-state index in [-0.39, 0.29) is 6.10 Å². The van der Waals surface area contributed by atoms with Crippen LogP contribution in [0.2, 0.25) is 0 Å². The van der Waals surface area contributed by atoms with Crippen LogP contribution < -0.4 is 4.74 Å². The molecular weight excluding hydrogens is 172 g/mol. The van der Waals surface area contributed by atoms with E-state index in [1.165, 1.54) is 11.1 Å². The van der Waals surface area contributed by atoms with E-state index in [0.29, 0.717) is 0 Å². The summed E-state index contributed by atoms with van der Waals surface area (Å²) in [7, 11) is 0. The number of hydrogen-bond donors (Lipinski definition) is 0. The molecule has 0 heterocycles. The third-order valence-corrected chi connectivity index (χ3v) is 2.11. The Kier molecular flexibility index (Phi) is 3.75. The minimum atomic E-state index is 0.240. The van der Waals surface area contributed by atoms with Gasteiger partial charge in [0.15, 0.2) is 0 Å². The molecule has 1 aromatic rings. The molecule has 0 N–H and O–H groups in total. The highest BCUT2D eigenvalue weighted by Gasteiger charge is 1.98. The number of hydrogen-bond acceptors (Lipinski definition) is 1. The van der Waals surface area contributed by atoms with Crippen LogP contribution in [-0.4, -0.2) is 6.10 Å². The average Bonchev–Trinajstić information content (AvgIpc) is 2.17. The van der Waals surface area contributed by atoms with Crippen molar-refractivity contribution in [2.24, 2.45) is 0 Å². The second-order valence-electron chi connectivity index (χ2n) is 3.66. The van der Waals surface area contributed by atoms with E-state index < -0.39 is 0 Å². The molecule has 0 unspecified atom stereocenters. The molecule has 76 valence electrons. The van der Waals surface area contributed by atoms with Crippen molar-refractivity contribution in [3.8, 4) is 5.75 Å². The minimum absolute atomic E-state index is 0.240. The molecule has 1 heteroatoms. The topological polar surface area (TPSA) is 9.23 Å². The maximum atomic E-state index is 5.56. The van der Waals surface area contributed by atoms with Gasteiger partial charge in [-0.15, -0.1) is 0 Å². The number of benzene rings is 1. The van der Waals surface area contributed by atoms with Crippen molar-refractivity contribution in [2.75, 3.05) is 0 Å². The van der Waals surface area contributed by atoms with Crippen molar-refractivity contribution >= 4 is 5.57 Å². The lowest BCUT2D eigenvalue weighted by molar-refractivity contribution is 0.242. The first-order chi connectivity index (χ1) is 6.63. The number of allylic oxidation sites excluding steroid dienone is 2. The Hall–Kier alpha value is -1.24. The lowest BCUT2D eigenvalue weighted by Crippen LogP contribution is -2.05. The molecule has 0 aliphatic rings. The summed E-state index contributed by atoms with van der Waals surface area (Å²) >= 11 is 0. The maximum Gasteiger partial charge on any atom is 0.119 e. The van der Waals surface area contributed by atoms with Gasteiger partial charge < -0.3 is 4.74 Å². The summed E-state index contributed by atoms with van der Waals surface area (Å²) in [6.07, 6.45) is 2.35. The molecule has 0 atom stereocenters. The summed E-state index contributed by atoms with van der Waals surface area (Å²) in [6, 6.07) is 8.21. The molecule has 0 spiro atoms. The van der Waals surface area contributed by atoms with E-state index in [1.807, 2.05) is 32.9 Å². The molecule has 0 aromatic heterocycles. The van der Waals surface area contributed by atoms with Crippen molar-refractivity contribution in [1.82, 2.24) is 0 Å². The number of ether oxygens (including phenoxy) is 1. The predicted octanol–water partition coefficient (Wildman–Crippen LogP) is 3.90. The summed E-state index contributed by atoms with van der Waals surface area (Å²) < 4.78 is 5.56. The van der Waals surface area contributed by atoms with E-state index in [1.54, 1.807) is 0 Å². The molecule has 0 amide bonds. The van der Waals surface area contributed by atoms with Gasteiger partial charge >= 0.3 is 0 Å². The highest BCUT2D eigenvalue weighted by molar-refractivity contribution is 5.63. The van der Waals surface area contributed by atoms with Crippen LogP contribution in [0.4, 0.5) is 0 Å². The van der Waals surface area contributed by atoms with Crippen LogP contribution in [0, 0.1) is 0 Å². The first kappa shape index (κ1) is 10.8. The van der Waals surface area contributed by atoms with Crippen LogP contribution in [0.15, 0.2) is 30.3 Å². The quantitative estimate of drug-likeness (QED) is 0.702. The zero-order valence-corrected chi connectivity index (χ0v) is 9.37. The Labute approximate surface area is 86.4 Å². The van der Waals surface area contributed by atoms with Crippen molar-refractivity contribution in [2.45, 2.75) is 33.8 Å². The van der Waals surface area contributed by atoms with Gasteiger partial charge in [-0.05, 0) is 51.0 Å². The SMILES string of the molecule is C/C=C(/C)c1ccc(OC(C)C)cc1. The van der Waals surface area contributed by atoms with Crippen LogP contribution in [0.5, 0.6) is 5.75 Å². The normalized spacial score (nSPS) is 11.9. The Morgan fingerprint density at radius 1 is 1.21 bits per heavy atom. The number of rotatable bonds is 3. The highest BCUT2D eigenvalue weighted by Crippen LogP contribution is 2.18. The van der Waals surface area contributed by atoms with Crippen LogP contribution in [-0.2, 0) is 0 Å². The second kappa shape index (κ2) is 4.85. The molecular formula is C13H18O. The average molecular weight is 190 g/mol. The summed E-state index contributed by atoms with van der Waals surface area (Å²) in [5.74, 6) is 0.938. The Morgan fingerprint density at radius 3 is 2.21 bits per heavy atom. The minimum Gasteiger partial charge on any atom is -0.491 e. The molecule has 1 aromatic carbocycles. The smallest absolute Gasteiger partial charge is 0.119 e. The van der Waals surface area contributed by atoms with Gasteiger partial charge in [0.2, 0.25) is 0 Å². The summed E-state index contributed by atoms with van der Waals surface area (Å²) in [6.45, 7) is 8.22. The second-order valence-corrected chi connectivity index (χ2v) is 3.66. The molecule has 1 rings (SSSR count). The maximum absolute atomic E-state index is 5.56. The summed E-state index contributed by atoms with van der Waals surface area (Å²) in [4.78, 5) is 0. The third-order valence-electron chi connectivity index (χ3n) is 2.11. The van der Waals surface area contributed by atoms with E-state index in [9.17, 15) is 0 Å². The lowest BCUT2D eigenvalue weighted by atomic mass is 10.1.